The minimum atomic E-state index is 0.194. The molecule has 1 saturated carbocycles. The Kier molecular flexibility index (Phi) is 5.20. The summed E-state index contributed by atoms with van der Waals surface area (Å²) in [6, 6.07) is 11.1. The van der Waals surface area contributed by atoms with Gasteiger partial charge in [-0.05, 0) is 45.2 Å². The lowest BCUT2D eigenvalue weighted by Gasteiger charge is -2.17. The Balaban J connectivity index is 1.64. The number of aryl methyl sites for hydroxylation is 2. The molecule has 1 N–H and O–H groups in total. The van der Waals surface area contributed by atoms with E-state index >= 15 is 0 Å². The highest BCUT2D eigenvalue weighted by molar-refractivity contribution is 5.99. The number of carbonyl (C=O) groups excluding carboxylic acids is 1. The van der Waals surface area contributed by atoms with Gasteiger partial charge in [-0.2, -0.15) is 0 Å². The van der Waals surface area contributed by atoms with Gasteiger partial charge in [-0.3, -0.25) is 4.79 Å². The molecule has 1 fully saturated rings. The number of nitrogens with one attached hydrogen (secondary N) is 1. The van der Waals surface area contributed by atoms with Crippen LogP contribution in [0.25, 0.3) is 0 Å². The van der Waals surface area contributed by atoms with Crippen molar-refractivity contribution in [1.82, 2.24) is 9.88 Å². The molecule has 0 radical (unpaired) electrons. The van der Waals surface area contributed by atoms with Gasteiger partial charge in [0.05, 0.1) is 6.54 Å². The SMILES string of the molecule is Cc1cccc(CNCC(=O)c2cc(C)n(C3CCCC3)c2C)c1. The van der Waals surface area contributed by atoms with Gasteiger partial charge in [-0.15, -0.1) is 0 Å². The van der Waals surface area contributed by atoms with Crippen LogP contribution in [0.4, 0.5) is 0 Å². The maximum absolute atomic E-state index is 12.6. The van der Waals surface area contributed by atoms with Crippen LogP contribution in [0.2, 0.25) is 0 Å². The van der Waals surface area contributed by atoms with E-state index in [0.29, 0.717) is 12.6 Å². The van der Waals surface area contributed by atoms with E-state index in [1.54, 1.807) is 0 Å². The zero-order chi connectivity index (χ0) is 17.1. The first-order valence-corrected chi connectivity index (χ1v) is 9.04. The van der Waals surface area contributed by atoms with E-state index in [9.17, 15) is 4.79 Å². The van der Waals surface area contributed by atoms with Crippen LogP contribution in [0, 0.1) is 20.8 Å². The first kappa shape index (κ1) is 17.0. The smallest absolute Gasteiger partial charge is 0.178 e. The Morgan fingerprint density at radius 1 is 1.17 bits per heavy atom. The second kappa shape index (κ2) is 7.35. The van der Waals surface area contributed by atoms with Crippen LogP contribution >= 0.6 is 0 Å². The molecule has 0 saturated heterocycles. The molecule has 1 heterocycles. The van der Waals surface area contributed by atoms with Crippen LogP contribution in [0.5, 0.6) is 0 Å². The highest BCUT2D eigenvalue weighted by atomic mass is 16.1. The summed E-state index contributed by atoms with van der Waals surface area (Å²) in [5.74, 6) is 0.194. The predicted octanol–water partition coefficient (Wildman–Crippen LogP) is 4.50. The highest BCUT2D eigenvalue weighted by Crippen LogP contribution is 2.33. The quantitative estimate of drug-likeness (QED) is 0.794. The van der Waals surface area contributed by atoms with Crippen molar-refractivity contribution in [2.24, 2.45) is 0 Å². The first-order chi connectivity index (χ1) is 11.6. The number of Topliss-reactive ketones (excluding diaryl/α,β-unsaturated/α-hetero) is 1. The number of aromatic nitrogens is 1. The lowest BCUT2D eigenvalue weighted by atomic mass is 10.1. The van der Waals surface area contributed by atoms with Crippen molar-refractivity contribution < 1.29 is 4.79 Å². The van der Waals surface area contributed by atoms with Crippen LogP contribution in [0.1, 0.15) is 64.6 Å². The van der Waals surface area contributed by atoms with E-state index in [-0.39, 0.29) is 5.78 Å². The number of carbonyl (C=O) groups is 1. The Labute approximate surface area is 145 Å². The Bertz CT molecular complexity index is 723. The van der Waals surface area contributed by atoms with E-state index in [1.165, 1.54) is 42.5 Å². The summed E-state index contributed by atoms with van der Waals surface area (Å²) in [4.78, 5) is 12.6. The molecule has 24 heavy (non-hydrogen) atoms. The normalized spacial score (nSPS) is 15.1. The molecular weight excluding hydrogens is 296 g/mol. The van der Waals surface area contributed by atoms with E-state index in [1.807, 2.05) is 0 Å². The van der Waals surface area contributed by atoms with Gasteiger partial charge in [-0.25, -0.2) is 0 Å². The summed E-state index contributed by atoms with van der Waals surface area (Å²) in [5.41, 5.74) is 5.72. The summed E-state index contributed by atoms with van der Waals surface area (Å²) in [6.45, 7) is 7.44. The molecule has 3 nitrogen and oxygen atoms in total. The van der Waals surface area contributed by atoms with Crippen molar-refractivity contribution in [3.63, 3.8) is 0 Å². The van der Waals surface area contributed by atoms with Crippen molar-refractivity contribution >= 4 is 5.78 Å². The number of hydrogen-bond donors (Lipinski definition) is 1. The summed E-state index contributed by atoms with van der Waals surface area (Å²) >= 11 is 0. The van der Waals surface area contributed by atoms with Crippen molar-refractivity contribution in [3.05, 3.63) is 58.4 Å². The second-order valence-corrected chi connectivity index (χ2v) is 7.11. The fourth-order valence-corrected chi connectivity index (χ4v) is 4.02. The second-order valence-electron chi connectivity index (χ2n) is 7.11. The summed E-state index contributed by atoms with van der Waals surface area (Å²) < 4.78 is 2.39. The van der Waals surface area contributed by atoms with E-state index in [4.69, 9.17) is 0 Å². The van der Waals surface area contributed by atoms with E-state index < -0.39 is 0 Å². The number of benzene rings is 1. The molecule has 0 unspecified atom stereocenters. The molecule has 0 bridgehead atoms. The molecule has 0 spiro atoms. The summed E-state index contributed by atoms with van der Waals surface area (Å²) in [5, 5.41) is 3.29. The van der Waals surface area contributed by atoms with Crippen LogP contribution in [0.3, 0.4) is 0 Å². The summed E-state index contributed by atoms with van der Waals surface area (Å²) in [7, 11) is 0. The maximum Gasteiger partial charge on any atom is 0.178 e. The van der Waals surface area contributed by atoms with E-state index in [0.717, 1.165) is 17.8 Å². The zero-order valence-electron chi connectivity index (χ0n) is 15.1. The third-order valence-electron chi connectivity index (χ3n) is 5.17. The van der Waals surface area contributed by atoms with Crippen molar-refractivity contribution in [3.8, 4) is 0 Å². The van der Waals surface area contributed by atoms with Gasteiger partial charge in [0.25, 0.3) is 0 Å². The minimum Gasteiger partial charge on any atom is -0.345 e. The van der Waals surface area contributed by atoms with Gasteiger partial charge in [-0.1, -0.05) is 42.7 Å². The molecule has 3 rings (SSSR count). The van der Waals surface area contributed by atoms with Gasteiger partial charge < -0.3 is 9.88 Å². The Morgan fingerprint density at radius 2 is 1.92 bits per heavy atom. The van der Waals surface area contributed by atoms with Gasteiger partial charge in [0, 0.05) is 29.5 Å². The molecule has 0 aliphatic heterocycles. The molecule has 1 aliphatic carbocycles. The molecule has 1 aliphatic rings. The monoisotopic (exact) mass is 324 g/mol. The average Bonchev–Trinajstić information content (AvgIpc) is 3.15. The molecule has 2 aromatic rings. The standard InChI is InChI=1S/C21H28N2O/c1-15-7-6-8-18(11-15)13-22-14-21(24)20-12-16(2)23(17(20)3)19-9-4-5-10-19/h6-8,11-12,19,22H,4-5,9-10,13-14H2,1-3H3. The summed E-state index contributed by atoms with van der Waals surface area (Å²) in [6.07, 6.45) is 5.11. The lowest BCUT2D eigenvalue weighted by molar-refractivity contribution is 0.0990. The van der Waals surface area contributed by atoms with Gasteiger partial charge in [0.15, 0.2) is 5.78 Å². The molecular formula is C21H28N2O. The highest BCUT2D eigenvalue weighted by Gasteiger charge is 2.23. The van der Waals surface area contributed by atoms with Gasteiger partial charge in [0.1, 0.15) is 0 Å². The van der Waals surface area contributed by atoms with E-state index in [2.05, 4.69) is 61.0 Å². The lowest BCUT2D eigenvalue weighted by Crippen LogP contribution is -2.23. The topological polar surface area (TPSA) is 34.0 Å². The Hall–Kier alpha value is -1.87. The number of rotatable bonds is 6. The number of nitrogens with zero attached hydrogens (tertiary/aromatic N) is 1. The number of hydrogen-bond acceptors (Lipinski definition) is 2. The molecule has 1 aromatic heterocycles. The molecule has 3 heteroatoms. The van der Waals surface area contributed by atoms with Crippen LogP contribution < -0.4 is 5.32 Å². The first-order valence-electron chi connectivity index (χ1n) is 9.04. The third-order valence-corrected chi connectivity index (χ3v) is 5.17. The molecule has 1 aromatic carbocycles. The van der Waals surface area contributed by atoms with Crippen molar-refractivity contribution in [2.45, 2.75) is 59.0 Å². The van der Waals surface area contributed by atoms with Crippen LogP contribution in [-0.4, -0.2) is 16.9 Å². The minimum absolute atomic E-state index is 0.194. The Morgan fingerprint density at radius 3 is 2.62 bits per heavy atom. The van der Waals surface area contributed by atoms with Gasteiger partial charge >= 0.3 is 0 Å². The van der Waals surface area contributed by atoms with Crippen molar-refractivity contribution in [2.75, 3.05) is 6.54 Å². The largest absolute Gasteiger partial charge is 0.345 e. The van der Waals surface area contributed by atoms with Crippen LogP contribution in [0.15, 0.2) is 30.3 Å². The van der Waals surface area contributed by atoms with Crippen molar-refractivity contribution in [1.29, 1.82) is 0 Å². The molecule has 0 atom stereocenters. The number of ketones is 1. The maximum atomic E-state index is 12.6. The third kappa shape index (κ3) is 3.62. The van der Waals surface area contributed by atoms with Crippen LogP contribution in [-0.2, 0) is 6.54 Å². The molecule has 128 valence electrons. The predicted molar refractivity (Wildman–Crippen MR) is 98.6 cm³/mol. The molecule has 0 amide bonds. The zero-order valence-corrected chi connectivity index (χ0v) is 15.1. The van der Waals surface area contributed by atoms with Gasteiger partial charge in [0.2, 0.25) is 0 Å². The fraction of sp³-hybridized carbons (Fsp3) is 0.476. The fourth-order valence-electron chi connectivity index (χ4n) is 4.02. The average molecular weight is 324 g/mol.